The Balaban J connectivity index is 1.59. The van der Waals surface area contributed by atoms with E-state index in [9.17, 15) is 4.79 Å². The molecule has 23 heavy (non-hydrogen) atoms. The zero-order valence-corrected chi connectivity index (χ0v) is 13.0. The maximum Gasteiger partial charge on any atom is 0.412 e. The second-order valence-corrected chi connectivity index (χ2v) is 5.21. The highest BCUT2D eigenvalue weighted by molar-refractivity contribution is 5.89. The molecule has 0 radical (unpaired) electrons. The van der Waals surface area contributed by atoms with Gasteiger partial charge in [-0.3, -0.25) is 4.90 Å². The number of nitrogens with zero attached hydrogens (tertiary/aromatic N) is 2. The summed E-state index contributed by atoms with van der Waals surface area (Å²) < 4.78 is 15.7. The summed E-state index contributed by atoms with van der Waals surface area (Å²) >= 11 is 0. The average Bonchev–Trinajstić information content (AvgIpc) is 2.98. The lowest BCUT2D eigenvalue weighted by Gasteiger charge is -2.26. The lowest BCUT2D eigenvalue weighted by atomic mass is 10.2. The SMILES string of the molecule is CNC(=O)Oc1ccc2c(NCCN3CCOCC3)noc2c1. The Labute approximate surface area is 133 Å². The Kier molecular flexibility index (Phi) is 4.94. The summed E-state index contributed by atoms with van der Waals surface area (Å²) in [7, 11) is 1.51. The van der Waals surface area contributed by atoms with Crippen molar-refractivity contribution >= 4 is 22.9 Å². The molecule has 2 heterocycles. The number of carbonyl (C=O) groups excluding carboxylic acids is 1. The molecule has 1 aromatic carbocycles. The molecule has 8 nitrogen and oxygen atoms in total. The molecule has 1 saturated heterocycles. The summed E-state index contributed by atoms with van der Waals surface area (Å²) in [5.74, 6) is 1.10. The summed E-state index contributed by atoms with van der Waals surface area (Å²) in [6.07, 6.45) is -0.521. The third-order valence-electron chi connectivity index (χ3n) is 3.68. The second kappa shape index (κ2) is 7.30. The van der Waals surface area contributed by atoms with Gasteiger partial charge in [-0.15, -0.1) is 0 Å². The van der Waals surface area contributed by atoms with Crippen LogP contribution in [0.3, 0.4) is 0 Å². The van der Waals surface area contributed by atoms with Crippen molar-refractivity contribution in [1.29, 1.82) is 0 Å². The van der Waals surface area contributed by atoms with Crippen LogP contribution in [-0.4, -0.2) is 62.6 Å². The van der Waals surface area contributed by atoms with Crippen molar-refractivity contribution in [1.82, 2.24) is 15.4 Å². The molecule has 8 heteroatoms. The van der Waals surface area contributed by atoms with E-state index in [0.717, 1.165) is 44.8 Å². The van der Waals surface area contributed by atoms with Gasteiger partial charge >= 0.3 is 6.09 Å². The maximum absolute atomic E-state index is 11.2. The van der Waals surface area contributed by atoms with Crippen molar-refractivity contribution in [2.75, 3.05) is 51.8 Å². The molecule has 0 spiro atoms. The Morgan fingerprint density at radius 1 is 1.39 bits per heavy atom. The number of ether oxygens (including phenoxy) is 2. The number of hydrogen-bond acceptors (Lipinski definition) is 7. The van der Waals surface area contributed by atoms with Gasteiger partial charge in [-0.05, 0) is 12.1 Å². The van der Waals surface area contributed by atoms with Gasteiger partial charge in [0.05, 0.1) is 18.6 Å². The Morgan fingerprint density at radius 3 is 3.00 bits per heavy atom. The molecular weight excluding hydrogens is 300 g/mol. The van der Waals surface area contributed by atoms with E-state index >= 15 is 0 Å². The number of fused-ring (bicyclic) bond motifs is 1. The number of hydrogen-bond donors (Lipinski definition) is 2. The zero-order chi connectivity index (χ0) is 16.1. The van der Waals surface area contributed by atoms with Gasteiger partial charge in [-0.1, -0.05) is 5.16 Å². The van der Waals surface area contributed by atoms with Crippen LogP contribution in [0.4, 0.5) is 10.6 Å². The fourth-order valence-corrected chi connectivity index (χ4v) is 2.42. The van der Waals surface area contributed by atoms with E-state index < -0.39 is 6.09 Å². The minimum atomic E-state index is -0.521. The maximum atomic E-state index is 11.2. The summed E-state index contributed by atoms with van der Waals surface area (Å²) in [5, 5.41) is 10.6. The predicted octanol–water partition coefficient (Wildman–Crippen LogP) is 1.29. The minimum Gasteiger partial charge on any atom is -0.410 e. The van der Waals surface area contributed by atoms with E-state index in [0.29, 0.717) is 17.2 Å². The van der Waals surface area contributed by atoms with Gasteiger partial charge in [0.1, 0.15) is 5.75 Å². The van der Waals surface area contributed by atoms with E-state index in [1.807, 2.05) is 6.07 Å². The van der Waals surface area contributed by atoms with Crippen molar-refractivity contribution in [3.05, 3.63) is 18.2 Å². The largest absolute Gasteiger partial charge is 0.412 e. The Hall–Kier alpha value is -2.32. The molecule has 0 unspecified atom stereocenters. The first-order valence-electron chi connectivity index (χ1n) is 7.59. The summed E-state index contributed by atoms with van der Waals surface area (Å²) in [5.41, 5.74) is 0.570. The fraction of sp³-hybridized carbons (Fsp3) is 0.467. The van der Waals surface area contributed by atoms with Gasteiger partial charge in [0, 0.05) is 39.3 Å². The summed E-state index contributed by atoms with van der Waals surface area (Å²) in [4.78, 5) is 13.6. The molecule has 1 aromatic heterocycles. The zero-order valence-electron chi connectivity index (χ0n) is 13.0. The number of rotatable bonds is 5. The number of carbonyl (C=O) groups is 1. The minimum absolute atomic E-state index is 0.410. The molecule has 1 fully saturated rings. The van der Waals surface area contributed by atoms with Crippen LogP contribution >= 0.6 is 0 Å². The third-order valence-corrected chi connectivity index (χ3v) is 3.68. The van der Waals surface area contributed by atoms with E-state index in [1.54, 1.807) is 12.1 Å². The van der Waals surface area contributed by atoms with Crippen LogP contribution in [0.2, 0.25) is 0 Å². The van der Waals surface area contributed by atoms with Gasteiger partial charge in [0.2, 0.25) is 0 Å². The van der Waals surface area contributed by atoms with Crippen LogP contribution in [0, 0.1) is 0 Å². The highest BCUT2D eigenvalue weighted by Crippen LogP contribution is 2.26. The van der Waals surface area contributed by atoms with Gasteiger partial charge in [0.25, 0.3) is 0 Å². The van der Waals surface area contributed by atoms with Crippen LogP contribution in [0.25, 0.3) is 11.0 Å². The molecule has 0 atom stereocenters. The van der Waals surface area contributed by atoms with E-state index in [2.05, 4.69) is 20.7 Å². The lowest BCUT2D eigenvalue weighted by Crippen LogP contribution is -2.39. The molecule has 3 rings (SSSR count). The third kappa shape index (κ3) is 3.91. The molecule has 1 aliphatic rings. The number of aromatic nitrogens is 1. The number of anilines is 1. The van der Waals surface area contributed by atoms with E-state index in [1.165, 1.54) is 7.05 Å². The summed E-state index contributed by atoms with van der Waals surface area (Å²) in [6, 6.07) is 5.17. The topological polar surface area (TPSA) is 88.9 Å². The fourth-order valence-electron chi connectivity index (χ4n) is 2.42. The van der Waals surface area contributed by atoms with Gasteiger partial charge < -0.3 is 24.6 Å². The van der Waals surface area contributed by atoms with Crippen molar-refractivity contribution in [3.8, 4) is 5.75 Å². The Morgan fingerprint density at radius 2 is 2.22 bits per heavy atom. The van der Waals surface area contributed by atoms with Crippen LogP contribution < -0.4 is 15.4 Å². The smallest absolute Gasteiger partial charge is 0.410 e. The highest BCUT2D eigenvalue weighted by Gasteiger charge is 2.12. The first-order chi connectivity index (χ1) is 11.3. The van der Waals surface area contributed by atoms with E-state index in [4.69, 9.17) is 14.0 Å². The van der Waals surface area contributed by atoms with Crippen molar-refractivity contribution < 1.29 is 18.8 Å². The monoisotopic (exact) mass is 320 g/mol. The summed E-state index contributed by atoms with van der Waals surface area (Å²) in [6.45, 7) is 5.21. The van der Waals surface area contributed by atoms with Crippen LogP contribution in [0.15, 0.2) is 22.7 Å². The van der Waals surface area contributed by atoms with Crippen LogP contribution in [0.5, 0.6) is 5.75 Å². The van der Waals surface area contributed by atoms with E-state index in [-0.39, 0.29) is 0 Å². The standard InChI is InChI=1S/C15H20N4O4/c1-16-15(20)22-11-2-3-12-13(10-11)23-18-14(12)17-4-5-19-6-8-21-9-7-19/h2-3,10H,4-9H2,1H3,(H,16,20)(H,17,18). The highest BCUT2D eigenvalue weighted by atomic mass is 16.6. The van der Waals surface area contributed by atoms with Gasteiger partial charge in [0.15, 0.2) is 11.4 Å². The van der Waals surface area contributed by atoms with Crippen molar-refractivity contribution in [2.45, 2.75) is 0 Å². The number of morpholine rings is 1. The first-order valence-corrected chi connectivity index (χ1v) is 7.59. The number of benzene rings is 1. The number of nitrogens with one attached hydrogen (secondary N) is 2. The molecule has 124 valence electrons. The molecule has 2 aromatic rings. The lowest BCUT2D eigenvalue weighted by molar-refractivity contribution is 0.0398. The predicted molar refractivity (Wildman–Crippen MR) is 84.8 cm³/mol. The molecule has 1 amide bonds. The average molecular weight is 320 g/mol. The molecule has 2 N–H and O–H groups in total. The van der Waals surface area contributed by atoms with Gasteiger partial charge in [-0.2, -0.15) is 0 Å². The van der Waals surface area contributed by atoms with Gasteiger partial charge in [-0.25, -0.2) is 4.79 Å². The first kappa shape index (κ1) is 15.6. The molecule has 0 saturated carbocycles. The normalized spacial score (nSPS) is 15.5. The van der Waals surface area contributed by atoms with Crippen LogP contribution in [-0.2, 0) is 4.74 Å². The molecule has 1 aliphatic heterocycles. The molecular formula is C15H20N4O4. The van der Waals surface area contributed by atoms with Crippen molar-refractivity contribution in [2.24, 2.45) is 0 Å². The number of amides is 1. The molecule has 0 aliphatic carbocycles. The Bertz CT molecular complexity index is 667. The molecule has 0 bridgehead atoms. The quantitative estimate of drug-likeness (QED) is 0.858. The van der Waals surface area contributed by atoms with Crippen LogP contribution in [0.1, 0.15) is 0 Å². The second-order valence-electron chi connectivity index (χ2n) is 5.21. The van der Waals surface area contributed by atoms with Crippen molar-refractivity contribution in [3.63, 3.8) is 0 Å².